The molecule has 1 aromatic heterocycles. The highest BCUT2D eigenvalue weighted by Crippen LogP contribution is 2.33. The molecule has 0 spiro atoms. The van der Waals surface area contributed by atoms with Crippen LogP contribution >= 0.6 is 0 Å². The fraction of sp³-hybridized carbons (Fsp3) is 0.515. The number of nitrogens with zero attached hydrogens (tertiary/aromatic N) is 2. The van der Waals surface area contributed by atoms with Crippen LogP contribution in [0.4, 0.5) is 4.79 Å². The molecule has 3 aliphatic rings. The van der Waals surface area contributed by atoms with Crippen LogP contribution in [0.25, 0.3) is 10.9 Å². The SMILES string of the molecule is CC(C)CN(C[C@@H](O)[C@H](Cc1ccccc1)NC(=O)O[C@H]1CO[C@H]2OCC[C@H]21)S(=O)(=O)c1ccc2[nH]c(O)c(C=NC3CC3)c2c1. The summed E-state index contributed by atoms with van der Waals surface area (Å²) in [5.74, 6) is -0.183. The lowest BCUT2D eigenvalue weighted by molar-refractivity contribution is -0.0907. The fourth-order valence-electron chi connectivity index (χ4n) is 6.06. The molecule has 0 radical (unpaired) electrons. The van der Waals surface area contributed by atoms with Gasteiger partial charge in [0.05, 0.1) is 47.8 Å². The smallest absolute Gasteiger partial charge is 0.407 e. The van der Waals surface area contributed by atoms with Gasteiger partial charge in [0.1, 0.15) is 6.10 Å². The second-order valence-electron chi connectivity index (χ2n) is 12.8. The number of carbonyl (C=O) groups is 1. The monoisotopic (exact) mass is 654 g/mol. The topological polar surface area (TPSA) is 163 Å². The number of H-pyrrole nitrogens is 1. The molecule has 3 heterocycles. The molecule has 248 valence electrons. The number of nitrogens with one attached hydrogen (secondary N) is 2. The van der Waals surface area contributed by atoms with Crippen LogP contribution in [0.2, 0.25) is 0 Å². The highest BCUT2D eigenvalue weighted by atomic mass is 32.2. The lowest BCUT2D eigenvalue weighted by Crippen LogP contribution is -2.51. The molecule has 2 aliphatic heterocycles. The number of aliphatic hydroxyl groups excluding tert-OH is 1. The third-order valence-corrected chi connectivity index (χ3v) is 10.5. The number of alkyl carbamates (subject to hydrolysis) is 1. The maximum absolute atomic E-state index is 14.2. The predicted octanol–water partition coefficient (Wildman–Crippen LogP) is 3.56. The van der Waals surface area contributed by atoms with Gasteiger partial charge in [0.15, 0.2) is 12.2 Å². The van der Waals surface area contributed by atoms with Gasteiger partial charge in [0.2, 0.25) is 10.0 Å². The van der Waals surface area contributed by atoms with E-state index in [9.17, 15) is 23.4 Å². The van der Waals surface area contributed by atoms with Crippen LogP contribution < -0.4 is 5.32 Å². The van der Waals surface area contributed by atoms with Gasteiger partial charge in [-0.2, -0.15) is 4.31 Å². The maximum atomic E-state index is 14.2. The van der Waals surface area contributed by atoms with Crippen molar-refractivity contribution in [2.75, 3.05) is 26.3 Å². The standard InChI is InChI=1S/C33H42N4O8S/c1-20(2)17-37(46(41,42)23-10-11-27-25(15-23)26(31(39)35-27)16-34-22-8-9-22)18-29(38)28(14-21-6-4-3-5-7-21)36-33(40)45-30-19-44-32-24(30)12-13-43-32/h3-7,10-11,15-16,20,22,24,28-30,32,35,38-39H,8-9,12-14,17-19H2,1-2H3,(H,36,40)/t24-,28-,29+,30-,32+/m0/s1. The molecule has 13 heteroatoms. The van der Waals surface area contributed by atoms with Crippen molar-refractivity contribution < 1.29 is 37.6 Å². The molecule has 12 nitrogen and oxygen atoms in total. The first kappa shape index (κ1) is 32.5. The van der Waals surface area contributed by atoms with Crippen molar-refractivity contribution in [1.82, 2.24) is 14.6 Å². The Morgan fingerprint density at radius 3 is 2.67 bits per heavy atom. The van der Waals surface area contributed by atoms with Gasteiger partial charge in [-0.05, 0) is 55.4 Å². The van der Waals surface area contributed by atoms with Gasteiger partial charge >= 0.3 is 6.09 Å². The molecule has 46 heavy (non-hydrogen) atoms. The summed E-state index contributed by atoms with van der Waals surface area (Å²) in [5, 5.41) is 25.4. The average molecular weight is 655 g/mol. The van der Waals surface area contributed by atoms with Crippen molar-refractivity contribution in [3.63, 3.8) is 0 Å². The van der Waals surface area contributed by atoms with Gasteiger partial charge in [0.25, 0.3) is 0 Å². The zero-order chi connectivity index (χ0) is 32.4. The zero-order valence-electron chi connectivity index (χ0n) is 26.0. The van der Waals surface area contributed by atoms with Crippen molar-refractivity contribution in [3.05, 3.63) is 59.7 Å². The number of ether oxygens (including phenoxy) is 3. The summed E-state index contributed by atoms with van der Waals surface area (Å²) in [7, 11) is -4.11. The Balaban J connectivity index is 1.23. The number of benzene rings is 2. The molecule has 2 aromatic carbocycles. The molecule has 1 amide bonds. The largest absolute Gasteiger partial charge is 0.494 e. The van der Waals surface area contributed by atoms with Gasteiger partial charge in [-0.25, -0.2) is 13.2 Å². The zero-order valence-corrected chi connectivity index (χ0v) is 26.9. The third-order valence-electron chi connectivity index (χ3n) is 8.66. The van der Waals surface area contributed by atoms with Crippen LogP contribution in [-0.2, 0) is 30.7 Å². The molecular formula is C33H42N4O8S. The summed E-state index contributed by atoms with van der Waals surface area (Å²) in [6.07, 6.45) is 1.72. The highest BCUT2D eigenvalue weighted by molar-refractivity contribution is 7.89. The number of aliphatic imine (C=N–C) groups is 1. The van der Waals surface area contributed by atoms with E-state index in [0.717, 1.165) is 24.8 Å². The Bertz CT molecular complexity index is 1660. The molecule has 3 fully saturated rings. The predicted molar refractivity (Wildman–Crippen MR) is 171 cm³/mol. The van der Waals surface area contributed by atoms with Crippen LogP contribution in [0, 0.1) is 11.8 Å². The number of aromatic nitrogens is 1. The van der Waals surface area contributed by atoms with Crippen LogP contribution in [-0.4, -0.2) is 97.1 Å². The summed E-state index contributed by atoms with van der Waals surface area (Å²) < 4.78 is 46.4. The first-order valence-corrected chi connectivity index (χ1v) is 17.3. The summed E-state index contributed by atoms with van der Waals surface area (Å²) in [4.78, 5) is 20.5. The van der Waals surface area contributed by atoms with E-state index in [1.54, 1.807) is 12.3 Å². The van der Waals surface area contributed by atoms with Gasteiger partial charge in [-0.1, -0.05) is 44.2 Å². The van der Waals surface area contributed by atoms with Crippen LogP contribution in [0.1, 0.15) is 44.2 Å². The number of sulfonamides is 1. The van der Waals surface area contributed by atoms with Gasteiger partial charge in [0, 0.05) is 30.2 Å². The number of rotatable bonds is 13. The van der Waals surface area contributed by atoms with Crippen molar-refractivity contribution in [1.29, 1.82) is 0 Å². The number of aromatic amines is 1. The number of fused-ring (bicyclic) bond motifs is 2. The molecule has 1 aliphatic carbocycles. The van der Waals surface area contributed by atoms with Gasteiger partial charge in [-0.15, -0.1) is 0 Å². The number of carbonyl (C=O) groups excluding carboxylic acids is 1. The van der Waals surface area contributed by atoms with Crippen molar-refractivity contribution in [3.8, 4) is 5.88 Å². The molecule has 5 atom stereocenters. The van der Waals surface area contributed by atoms with E-state index in [1.807, 2.05) is 44.2 Å². The molecule has 3 aromatic rings. The molecule has 0 bridgehead atoms. The molecular weight excluding hydrogens is 612 g/mol. The van der Waals surface area contributed by atoms with E-state index >= 15 is 0 Å². The number of amides is 1. The van der Waals surface area contributed by atoms with E-state index in [0.29, 0.717) is 23.1 Å². The van der Waals surface area contributed by atoms with E-state index in [1.165, 1.54) is 16.4 Å². The van der Waals surface area contributed by atoms with Gasteiger partial charge in [-0.3, -0.25) is 4.99 Å². The molecule has 1 saturated carbocycles. The Morgan fingerprint density at radius 1 is 1.15 bits per heavy atom. The average Bonchev–Trinajstić information content (AvgIpc) is 3.45. The Hall–Kier alpha value is -3.49. The van der Waals surface area contributed by atoms with Crippen LogP contribution in [0.5, 0.6) is 5.88 Å². The third kappa shape index (κ3) is 7.39. The lowest BCUT2D eigenvalue weighted by atomic mass is 10.0. The van der Waals surface area contributed by atoms with E-state index < -0.39 is 34.4 Å². The minimum atomic E-state index is -4.11. The summed E-state index contributed by atoms with van der Waals surface area (Å²) in [6, 6.07) is 13.4. The van der Waals surface area contributed by atoms with Crippen molar-refractivity contribution in [2.24, 2.45) is 16.8 Å². The lowest BCUT2D eigenvalue weighted by Gasteiger charge is -2.31. The number of hydrogen-bond acceptors (Lipinski definition) is 9. The second-order valence-corrected chi connectivity index (χ2v) is 14.7. The quantitative estimate of drug-likeness (QED) is 0.203. The Kier molecular flexibility index (Phi) is 9.67. The summed E-state index contributed by atoms with van der Waals surface area (Å²) in [6.45, 7) is 4.43. The van der Waals surface area contributed by atoms with Crippen LogP contribution in [0.15, 0.2) is 58.4 Å². The number of hydrogen-bond donors (Lipinski definition) is 4. The van der Waals surface area contributed by atoms with Crippen molar-refractivity contribution in [2.45, 2.75) is 75.0 Å². The second kappa shape index (κ2) is 13.7. The number of aliphatic hydroxyl groups is 1. The van der Waals surface area contributed by atoms with Gasteiger partial charge < -0.3 is 34.7 Å². The molecule has 0 unspecified atom stereocenters. The first-order chi connectivity index (χ1) is 22.1. The normalized spacial score (nSPS) is 22.9. The summed E-state index contributed by atoms with van der Waals surface area (Å²) in [5.41, 5.74) is 1.87. The minimum Gasteiger partial charge on any atom is -0.494 e. The molecule has 4 N–H and O–H groups in total. The molecule has 6 rings (SSSR count). The van der Waals surface area contributed by atoms with E-state index in [-0.39, 0.29) is 61.1 Å². The van der Waals surface area contributed by atoms with Crippen LogP contribution in [0.3, 0.4) is 0 Å². The van der Waals surface area contributed by atoms with Crippen molar-refractivity contribution >= 4 is 33.2 Å². The Morgan fingerprint density at radius 2 is 1.93 bits per heavy atom. The Labute approximate surface area is 268 Å². The minimum absolute atomic E-state index is 0.0227. The highest BCUT2D eigenvalue weighted by Gasteiger charge is 2.44. The summed E-state index contributed by atoms with van der Waals surface area (Å²) >= 11 is 0. The van der Waals surface area contributed by atoms with E-state index in [2.05, 4.69) is 15.3 Å². The number of aromatic hydroxyl groups is 1. The molecule has 2 saturated heterocycles. The fourth-order valence-corrected chi connectivity index (χ4v) is 7.71. The van der Waals surface area contributed by atoms with E-state index in [4.69, 9.17) is 14.2 Å². The first-order valence-electron chi connectivity index (χ1n) is 15.9. The maximum Gasteiger partial charge on any atom is 0.407 e.